The molecule has 0 aliphatic carbocycles. The molecule has 2 rings (SSSR count). The van der Waals surface area contributed by atoms with E-state index in [0.29, 0.717) is 30.0 Å². The van der Waals surface area contributed by atoms with Crippen LogP contribution in [0.1, 0.15) is 15.9 Å². The average Bonchev–Trinajstić information content (AvgIpc) is 2.61. The molecule has 23 heavy (non-hydrogen) atoms. The van der Waals surface area contributed by atoms with E-state index in [1.165, 1.54) is 0 Å². The first-order valence-electron chi connectivity index (χ1n) is 7.31. The van der Waals surface area contributed by atoms with Crippen molar-refractivity contribution in [1.82, 2.24) is 5.32 Å². The number of ether oxygens (including phenoxy) is 3. The van der Waals surface area contributed by atoms with Gasteiger partial charge in [-0.25, -0.2) is 0 Å². The third kappa shape index (κ3) is 4.16. The summed E-state index contributed by atoms with van der Waals surface area (Å²) in [5, 5.41) is 2.90. The van der Waals surface area contributed by atoms with Crippen molar-refractivity contribution in [2.75, 3.05) is 27.9 Å². The number of hydrogen-bond donors (Lipinski definition) is 1. The van der Waals surface area contributed by atoms with Crippen molar-refractivity contribution in [3.05, 3.63) is 53.6 Å². The number of benzene rings is 2. The highest BCUT2D eigenvalue weighted by Gasteiger charge is 2.10. The molecular formula is C18H21NO4. The molecule has 0 aliphatic rings. The Labute approximate surface area is 136 Å². The molecule has 0 aliphatic heterocycles. The smallest absolute Gasteiger partial charge is 0.251 e. The molecule has 0 aromatic heterocycles. The van der Waals surface area contributed by atoms with Crippen LogP contribution in [0.25, 0.3) is 0 Å². The maximum absolute atomic E-state index is 12.2. The average molecular weight is 315 g/mol. The monoisotopic (exact) mass is 315 g/mol. The van der Waals surface area contributed by atoms with Gasteiger partial charge < -0.3 is 19.5 Å². The molecule has 0 atom stereocenters. The van der Waals surface area contributed by atoms with Gasteiger partial charge in [-0.2, -0.15) is 0 Å². The minimum absolute atomic E-state index is 0.152. The molecule has 5 heteroatoms. The predicted molar refractivity (Wildman–Crippen MR) is 88.6 cm³/mol. The summed E-state index contributed by atoms with van der Waals surface area (Å²) in [7, 11) is 4.74. The van der Waals surface area contributed by atoms with Gasteiger partial charge in [0.2, 0.25) is 0 Å². The molecule has 122 valence electrons. The maximum Gasteiger partial charge on any atom is 0.251 e. The summed E-state index contributed by atoms with van der Waals surface area (Å²) in [5.74, 6) is 1.80. The summed E-state index contributed by atoms with van der Waals surface area (Å²) in [6.45, 7) is 0.521. The lowest BCUT2D eigenvalue weighted by atomic mass is 10.1. The molecule has 2 aromatic carbocycles. The minimum atomic E-state index is -0.152. The van der Waals surface area contributed by atoms with Crippen LogP contribution in [-0.2, 0) is 6.42 Å². The highest BCUT2D eigenvalue weighted by molar-refractivity contribution is 5.94. The van der Waals surface area contributed by atoms with Crippen LogP contribution >= 0.6 is 0 Å². The fourth-order valence-corrected chi connectivity index (χ4v) is 2.30. The molecule has 0 fully saturated rings. The third-order valence-electron chi connectivity index (χ3n) is 3.52. The van der Waals surface area contributed by atoms with E-state index in [-0.39, 0.29) is 5.91 Å². The van der Waals surface area contributed by atoms with Crippen molar-refractivity contribution in [3.63, 3.8) is 0 Å². The summed E-state index contributed by atoms with van der Waals surface area (Å²) in [5.41, 5.74) is 1.59. The number of methoxy groups -OCH3 is 3. The first-order chi connectivity index (χ1) is 11.2. The fourth-order valence-electron chi connectivity index (χ4n) is 2.30. The maximum atomic E-state index is 12.2. The Morgan fingerprint density at radius 3 is 2.30 bits per heavy atom. The molecule has 1 N–H and O–H groups in total. The van der Waals surface area contributed by atoms with Gasteiger partial charge in [0.15, 0.2) is 11.5 Å². The fraction of sp³-hybridized carbons (Fsp3) is 0.278. The SMILES string of the molecule is COc1ccccc1CCNC(=O)c1ccc(OC)c(OC)c1. The van der Waals surface area contributed by atoms with Gasteiger partial charge in [-0.1, -0.05) is 18.2 Å². The molecule has 0 radical (unpaired) electrons. The summed E-state index contributed by atoms with van der Waals surface area (Å²) >= 11 is 0. The molecule has 0 heterocycles. The molecule has 0 saturated carbocycles. The molecule has 0 unspecified atom stereocenters. The molecular weight excluding hydrogens is 294 g/mol. The zero-order valence-electron chi connectivity index (χ0n) is 13.6. The first kappa shape index (κ1) is 16.7. The lowest BCUT2D eigenvalue weighted by Crippen LogP contribution is -2.25. The topological polar surface area (TPSA) is 56.8 Å². The Morgan fingerprint density at radius 2 is 1.61 bits per heavy atom. The molecule has 5 nitrogen and oxygen atoms in total. The second-order valence-corrected chi connectivity index (χ2v) is 4.89. The van der Waals surface area contributed by atoms with E-state index in [0.717, 1.165) is 11.3 Å². The number of amides is 1. The van der Waals surface area contributed by atoms with E-state index in [9.17, 15) is 4.79 Å². The van der Waals surface area contributed by atoms with Gasteiger partial charge in [0.25, 0.3) is 5.91 Å². The van der Waals surface area contributed by atoms with Crippen molar-refractivity contribution >= 4 is 5.91 Å². The summed E-state index contributed by atoms with van der Waals surface area (Å²) in [6.07, 6.45) is 0.697. The molecule has 0 spiro atoms. The van der Waals surface area contributed by atoms with Gasteiger partial charge in [-0.15, -0.1) is 0 Å². The van der Waals surface area contributed by atoms with Crippen molar-refractivity contribution < 1.29 is 19.0 Å². The van der Waals surface area contributed by atoms with Crippen LogP contribution in [0.2, 0.25) is 0 Å². The number of rotatable bonds is 7. The molecule has 2 aromatic rings. The lowest BCUT2D eigenvalue weighted by Gasteiger charge is -2.11. The number of carbonyl (C=O) groups is 1. The zero-order chi connectivity index (χ0) is 16.7. The number of para-hydroxylation sites is 1. The first-order valence-corrected chi connectivity index (χ1v) is 7.31. The Kier molecular flexibility index (Phi) is 5.86. The Morgan fingerprint density at radius 1 is 0.913 bits per heavy atom. The lowest BCUT2D eigenvalue weighted by molar-refractivity contribution is 0.0953. The standard InChI is InChI=1S/C18H21NO4/c1-21-15-7-5-4-6-13(15)10-11-19-18(20)14-8-9-16(22-2)17(12-14)23-3/h4-9,12H,10-11H2,1-3H3,(H,19,20). The van der Waals surface area contributed by atoms with Crippen molar-refractivity contribution in [1.29, 1.82) is 0 Å². The second kappa shape index (κ2) is 8.08. The van der Waals surface area contributed by atoms with Crippen molar-refractivity contribution in [3.8, 4) is 17.2 Å². The zero-order valence-corrected chi connectivity index (χ0v) is 13.6. The van der Waals surface area contributed by atoms with Gasteiger partial charge in [0, 0.05) is 12.1 Å². The summed E-state index contributed by atoms with van der Waals surface area (Å²) in [6, 6.07) is 12.9. The van der Waals surface area contributed by atoms with Gasteiger partial charge in [0.05, 0.1) is 21.3 Å². The van der Waals surface area contributed by atoms with E-state index < -0.39 is 0 Å². The number of nitrogens with one attached hydrogen (secondary N) is 1. The van der Waals surface area contributed by atoms with E-state index >= 15 is 0 Å². The molecule has 1 amide bonds. The van der Waals surface area contributed by atoms with E-state index in [2.05, 4.69) is 5.32 Å². The summed E-state index contributed by atoms with van der Waals surface area (Å²) in [4.78, 5) is 12.2. The van der Waals surface area contributed by atoms with Crippen molar-refractivity contribution in [2.45, 2.75) is 6.42 Å². The van der Waals surface area contributed by atoms with Crippen LogP contribution in [0.3, 0.4) is 0 Å². The van der Waals surface area contributed by atoms with Crippen LogP contribution in [-0.4, -0.2) is 33.8 Å². The Balaban J connectivity index is 1.97. The van der Waals surface area contributed by atoms with Gasteiger partial charge in [0.1, 0.15) is 5.75 Å². The number of hydrogen-bond acceptors (Lipinski definition) is 4. The highest BCUT2D eigenvalue weighted by Crippen LogP contribution is 2.27. The minimum Gasteiger partial charge on any atom is -0.496 e. The van der Waals surface area contributed by atoms with Gasteiger partial charge >= 0.3 is 0 Å². The van der Waals surface area contributed by atoms with Gasteiger partial charge in [-0.05, 0) is 36.2 Å². The van der Waals surface area contributed by atoms with E-state index in [1.807, 2.05) is 24.3 Å². The Hall–Kier alpha value is -2.69. The predicted octanol–water partition coefficient (Wildman–Crippen LogP) is 2.68. The van der Waals surface area contributed by atoms with Gasteiger partial charge in [-0.3, -0.25) is 4.79 Å². The van der Waals surface area contributed by atoms with E-state index in [4.69, 9.17) is 14.2 Å². The van der Waals surface area contributed by atoms with Crippen LogP contribution < -0.4 is 19.5 Å². The highest BCUT2D eigenvalue weighted by atomic mass is 16.5. The van der Waals surface area contributed by atoms with Crippen LogP contribution in [0.4, 0.5) is 0 Å². The van der Waals surface area contributed by atoms with Crippen LogP contribution in [0.15, 0.2) is 42.5 Å². The van der Waals surface area contributed by atoms with Crippen LogP contribution in [0.5, 0.6) is 17.2 Å². The normalized spacial score (nSPS) is 10.0. The van der Waals surface area contributed by atoms with E-state index in [1.54, 1.807) is 39.5 Å². The molecule has 0 saturated heterocycles. The molecule has 0 bridgehead atoms. The number of carbonyl (C=O) groups excluding carboxylic acids is 1. The largest absolute Gasteiger partial charge is 0.496 e. The van der Waals surface area contributed by atoms with Crippen molar-refractivity contribution in [2.24, 2.45) is 0 Å². The second-order valence-electron chi connectivity index (χ2n) is 4.89. The third-order valence-corrected chi connectivity index (χ3v) is 3.52. The summed E-state index contributed by atoms with van der Waals surface area (Å²) < 4.78 is 15.7. The Bertz CT molecular complexity index is 670. The quantitative estimate of drug-likeness (QED) is 0.853. The van der Waals surface area contributed by atoms with Crippen LogP contribution in [0, 0.1) is 0 Å².